The van der Waals surface area contributed by atoms with Gasteiger partial charge in [0.15, 0.2) is 0 Å². The van der Waals surface area contributed by atoms with Crippen LogP contribution >= 0.6 is 0 Å². The summed E-state index contributed by atoms with van der Waals surface area (Å²) in [4.78, 5) is 28.4. The second-order valence-corrected chi connectivity index (χ2v) is 7.29. The summed E-state index contributed by atoms with van der Waals surface area (Å²) in [5, 5.41) is 0. The molecule has 2 aliphatic heterocycles. The Labute approximate surface area is 144 Å². The number of nitrogens with zero attached hydrogens (tertiary/aromatic N) is 5. The molecule has 3 rings (SSSR count). The molecule has 0 aromatic carbocycles. The largest absolute Gasteiger partial charge is 0.355 e. The molecule has 1 amide bonds. The maximum Gasteiger partial charge on any atom is 0.291 e. The normalized spacial score (nSPS) is 21.6. The molecule has 0 unspecified atom stereocenters. The Balaban J connectivity index is 1.85. The molecule has 1 atom stereocenters. The van der Waals surface area contributed by atoms with Crippen LogP contribution in [0.3, 0.4) is 0 Å². The van der Waals surface area contributed by atoms with Crippen LogP contribution < -0.4 is 4.90 Å². The number of hydrogen-bond donors (Lipinski definition) is 0. The second kappa shape index (κ2) is 7.05. The molecule has 0 saturated carbocycles. The van der Waals surface area contributed by atoms with E-state index in [1.807, 2.05) is 11.8 Å². The van der Waals surface area contributed by atoms with Crippen molar-refractivity contribution in [1.29, 1.82) is 0 Å². The lowest BCUT2D eigenvalue weighted by Crippen LogP contribution is -2.37. The number of likely N-dealkylation sites (N-methyl/N-ethyl adjacent to an activating group) is 1. The molecule has 6 heteroatoms. The quantitative estimate of drug-likeness (QED) is 0.846. The van der Waals surface area contributed by atoms with Gasteiger partial charge in [0.1, 0.15) is 5.82 Å². The van der Waals surface area contributed by atoms with Gasteiger partial charge in [-0.3, -0.25) is 4.79 Å². The molecule has 2 saturated heterocycles. The van der Waals surface area contributed by atoms with E-state index >= 15 is 0 Å². The summed E-state index contributed by atoms with van der Waals surface area (Å²) in [6, 6.07) is 0.543. The second-order valence-electron chi connectivity index (χ2n) is 7.29. The molecular weight excluding hydrogens is 302 g/mol. The third kappa shape index (κ3) is 3.38. The highest BCUT2D eigenvalue weighted by Gasteiger charge is 2.28. The monoisotopic (exact) mass is 331 g/mol. The first-order chi connectivity index (χ1) is 11.5. The summed E-state index contributed by atoms with van der Waals surface area (Å²) in [6.45, 7) is 7.64. The van der Waals surface area contributed by atoms with E-state index in [0.717, 1.165) is 62.5 Å². The molecule has 132 valence electrons. The van der Waals surface area contributed by atoms with Crippen LogP contribution in [-0.4, -0.2) is 72.0 Å². The van der Waals surface area contributed by atoms with Crippen LogP contribution in [0.4, 0.5) is 5.82 Å². The first-order valence-electron chi connectivity index (χ1n) is 9.03. The van der Waals surface area contributed by atoms with Crippen LogP contribution in [0, 0.1) is 13.8 Å². The number of hydrogen-bond acceptors (Lipinski definition) is 5. The number of aryl methyl sites for hydroxylation is 1. The summed E-state index contributed by atoms with van der Waals surface area (Å²) in [6.07, 6.45) is 4.51. The number of anilines is 1. The van der Waals surface area contributed by atoms with Crippen LogP contribution in [0.25, 0.3) is 0 Å². The number of likely N-dealkylation sites (tertiary alicyclic amines) is 1. The number of rotatable bonds is 3. The average molecular weight is 331 g/mol. The number of carbonyl (C=O) groups is 1. The predicted molar refractivity (Wildman–Crippen MR) is 95.6 cm³/mol. The first kappa shape index (κ1) is 17.1. The van der Waals surface area contributed by atoms with E-state index in [0.29, 0.717) is 11.9 Å². The summed E-state index contributed by atoms with van der Waals surface area (Å²) < 4.78 is 0. The van der Waals surface area contributed by atoms with Crippen LogP contribution in [0.5, 0.6) is 0 Å². The minimum Gasteiger partial charge on any atom is -0.355 e. The van der Waals surface area contributed by atoms with Gasteiger partial charge in [0.25, 0.3) is 5.91 Å². The topological polar surface area (TPSA) is 52.6 Å². The van der Waals surface area contributed by atoms with Crippen molar-refractivity contribution < 1.29 is 4.79 Å². The number of amides is 1. The van der Waals surface area contributed by atoms with Crippen molar-refractivity contribution in [2.75, 3.05) is 45.2 Å². The van der Waals surface area contributed by atoms with Crippen LogP contribution in [0.15, 0.2) is 0 Å². The van der Waals surface area contributed by atoms with Gasteiger partial charge in [-0.1, -0.05) is 0 Å². The molecule has 1 aromatic rings. The lowest BCUT2D eigenvalue weighted by molar-refractivity contribution is 0.0711. The molecule has 24 heavy (non-hydrogen) atoms. The Morgan fingerprint density at radius 1 is 1.08 bits per heavy atom. The Kier molecular flexibility index (Phi) is 5.04. The van der Waals surface area contributed by atoms with Gasteiger partial charge in [0, 0.05) is 43.5 Å². The van der Waals surface area contributed by atoms with Gasteiger partial charge in [-0.2, -0.15) is 0 Å². The highest BCUT2D eigenvalue weighted by Crippen LogP contribution is 2.25. The van der Waals surface area contributed by atoms with E-state index in [2.05, 4.69) is 40.8 Å². The molecule has 0 bridgehead atoms. The van der Waals surface area contributed by atoms with Crippen LogP contribution in [0.2, 0.25) is 0 Å². The molecule has 2 fully saturated rings. The number of carbonyl (C=O) groups excluding carboxylic acids is 1. The van der Waals surface area contributed by atoms with Crippen LogP contribution in [0.1, 0.15) is 47.6 Å². The maximum atomic E-state index is 12.8. The zero-order chi connectivity index (χ0) is 17.3. The third-order valence-electron chi connectivity index (χ3n) is 5.39. The summed E-state index contributed by atoms with van der Waals surface area (Å²) in [5.41, 5.74) is 2.00. The number of aromatic nitrogens is 2. The van der Waals surface area contributed by atoms with Gasteiger partial charge < -0.3 is 14.7 Å². The predicted octanol–water partition coefficient (Wildman–Crippen LogP) is 1.86. The van der Waals surface area contributed by atoms with E-state index in [1.165, 1.54) is 6.42 Å². The summed E-state index contributed by atoms with van der Waals surface area (Å²) in [5.74, 6) is 1.29. The Hall–Kier alpha value is -1.69. The SMILES string of the molecule is Cc1nc(C(=O)N2CCCCC2)nc(N2CC[C@@H](N(C)C)C2)c1C. The van der Waals surface area contributed by atoms with Crippen molar-refractivity contribution in [3.8, 4) is 0 Å². The average Bonchev–Trinajstić information content (AvgIpc) is 3.07. The molecule has 2 aliphatic rings. The lowest BCUT2D eigenvalue weighted by atomic mass is 10.1. The first-order valence-corrected chi connectivity index (χ1v) is 9.03. The van der Waals surface area contributed by atoms with Crippen molar-refractivity contribution >= 4 is 11.7 Å². The molecular formula is C18H29N5O. The fourth-order valence-electron chi connectivity index (χ4n) is 3.61. The van der Waals surface area contributed by atoms with Crippen molar-refractivity contribution in [2.45, 2.75) is 45.6 Å². The van der Waals surface area contributed by atoms with E-state index in [4.69, 9.17) is 0 Å². The maximum absolute atomic E-state index is 12.8. The minimum absolute atomic E-state index is 0.0117. The standard InChI is InChI=1S/C18H29N5O/c1-13-14(2)19-16(18(24)22-9-6-5-7-10-22)20-17(13)23-11-8-15(12-23)21(3)4/h15H,5-12H2,1-4H3/t15-/m1/s1. The minimum atomic E-state index is -0.0117. The summed E-state index contributed by atoms with van der Waals surface area (Å²) >= 11 is 0. The molecule has 6 nitrogen and oxygen atoms in total. The summed E-state index contributed by atoms with van der Waals surface area (Å²) in [7, 11) is 4.25. The van der Waals surface area contributed by atoms with Crippen molar-refractivity contribution in [2.24, 2.45) is 0 Å². The fraction of sp³-hybridized carbons (Fsp3) is 0.722. The highest BCUT2D eigenvalue weighted by molar-refractivity contribution is 5.91. The van der Waals surface area contributed by atoms with Gasteiger partial charge >= 0.3 is 0 Å². The van der Waals surface area contributed by atoms with Gasteiger partial charge in [0.05, 0.1) is 0 Å². The van der Waals surface area contributed by atoms with Crippen molar-refractivity contribution in [3.05, 3.63) is 17.1 Å². The smallest absolute Gasteiger partial charge is 0.291 e. The van der Waals surface area contributed by atoms with E-state index < -0.39 is 0 Å². The molecule has 0 radical (unpaired) electrons. The van der Waals surface area contributed by atoms with Gasteiger partial charge in [-0.15, -0.1) is 0 Å². The van der Waals surface area contributed by atoms with E-state index in [-0.39, 0.29) is 5.91 Å². The fourth-order valence-corrected chi connectivity index (χ4v) is 3.61. The lowest BCUT2D eigenvalue weighted by Gasteiger charge is -2.27. The third-order valence-corrected chi connectivity index (χ3v) is 5.39. The van der Waals surface area contributed by atoms with Gasteiger partial charge in [-0.25, -0.2) is 9.97 Å². The highest BCUT2D eigenvalue weighted by atomic mass is 16.2. The number of piperidine rings is 1. The molecule has 0 N–H and O–H groups in total. The molecule has 1 aromatic heterocycles. The van der Waals surface area contributed by atoms with Gasteiger partial charge in [0.2, 0.25) is 5.82 Å². The zero-order valence-electron chi connectivity index (χ0n) is 15.4. The van der Waals surface area contributed by atoms with Crippen molar-refractivity contribution in [3.63, 3.8) is 0 Å². The van der Waals surface area contributed by atoms with E-state index in [1.54, 1.807) is 0 Å². The van der Waals surface area contributed by atoms with E-state index in [9.17, 15) is 4.79 Å². The Bertz CT molecular complexity index is 610. The molecule has 0 aliphatic carbocycles. The zero-order valence-corrected chi connectivity index (χ0v) is 15.4. The van der Waals surface area contributed by atoms with Crippen molar-refractivity contribution in [1.82, 2.24) is 19.8 Å². The molecule has 0 spiro atoms. The Morgan fingerprint density at radius 3 is 2.42 bits per heavy atom. The molecule has 3 heterocycles. The van der Waals surface area contributed by atoms with Crippen LogP contribution in [-0.2, 0) is 0 Å². The van der Waals surface area contributed by atoms with Gasteiger partial charge in [-0.05, 0) is 53.6 Å². The Morgan fingerprint density at radius 2 is 1.79 bits per heavy atom.